The maximum absolute atomic E-state index is 5.37. The SMILES string of the molecule is CC(NC1=NCCCN1)C1CCOC1. The lowest BCUT2D eigenvalue weighted by Crippen LogP contribution is -2.47. The van der Waals surface area contributed by atoms with Gasteiger partial charge in [-0.05, 0) is 19.8 Å². The summed E-state index contributed by atoms with van der Waals surface area (Å²) in [5.41, 5.74) is 0. The standard InChI is InChI=1S/C10H19N3O/c1-8(9-3-6-14-7-9)13-10-11-4-2-5-12-10/h8-9H,2-7H2,1H3,(H2,11,12,13). The number of rotatable bonds is 2. The lowest BCUT2D eigenvalue weighted by molar-refractivity contribution is 0.180. The maximum Gasteiger partial charge on any atom is 0.191 e. The van der Waals surface area contributed by atoms with Crippen molar-refractivity contribution < 1.29 is 4.74 Å². The second-order valence-electron chi connectivity index (χ2n) is 4.07. The summed E-state index contributed by atoms with van der Waals surface area (Å²) in [6, 6.07) is 0.460. The minimum Gasteiger partial charge on any atom is -0.381 e. The van der Waals surface area contributed by atoms with E-state index in [-0.39, 0.29) is 0 Å². The van der Waals surface area contributed by atoms with Gasteiger partial charge in [-0.15, -0.1) is 0 Å². The Balaban J connectivity index is 1.80. The Labute approximate surface area is 85.1 Å². The van der Waals surface area contributed by atoms with E-state index in [9.17, 15) is 0 Å². The van der Waals surface area contributed by atoms with Crippen molar-refractivity contribution in [2.75, 3.05) is 26.3 Å². The van der Waals surface area contributed by atoms with Gasteiger partial charge in [0.2, 0.25) is 0 Å². The summed E-state index contributed by atoms with van der Waals surface area (Å²) in [4.78, 5) is 4.39. The van der Waals surface area contributed by atoms with Gasteiger partial charge in [-0.1, -0.05) is 0 Å². The first-order valence-electron chi connectivity index (χ1n) is 5.49. The van der Waals surface area contributed by atoms with Gasteiger partial charge in [0.05, 0.1) is 6.61 Å². The van der Waals surface area contributed by atoms with Crippen LogP contribution in [-0.2, 0) is 4.74 Å². The van der Waals surface area contributed by atoms with Crippen LogP contribution in [-0.4, -0.2) is 38.3 Å². The minimum atomic E-state index is 0.460. The molecule has 2 aliphatic rings. The second-order valence-corrected chi connectivity index (χ2v) is 4.07. The highest BCUT2D eigenvalue weighted by Gasteiger charge is 2.23. The van der Waals surface area contributed by atoms with Crippen molar-refractivity contribution in [2.24, 2.45) is 10.9 Å². The van der Waals surface area contributed by atoms with Gasteiger partial charge in [0.15, 0.2) is 5.96 Å². The van der Waals surface area contributed by atoms with Gasteiger partial charge in [-0.2, -0.15) is 0 Å². The van der Waals surface area contributed by atoms with Gasteiger partial charge in [0.1, 0.15) is 0 Å². The molecule has 2 aliphatic heterocycles. The summed E-state index contributed by atoms with van der Waals surface area (Å²) in [5.74, 6) is 1.61. The largest absolute Gasteiger partial charge is 0.381 e. The molecule has 4 nitrogen and oxygen atoms in total. The quantitative estimate of drug-likeness (QED) is 0.671. The lowest BCUT2D eigenvalue weighted by atomic mass is 10.0. The summed E-state index contributed by atoms with van der Waals surface area (Å²) in [5, 5.41) is 6.69. The van der Waals surface area contributed by atoms with Gasteiger partial charge in [-0.3, -0.25) is 4.99 Å². The highest BCUT2D eigenvalue weighted by molar-refractivity contribution is 5.80. The molecule has 14 heavy (non-hydrogen) atoms. The molecule has 0 aromatic carbocycles. The van der Waals surface area contributed by atoms with E-state index in [1.807, 2.05) is 0 Å². The van der Waals surface area contributed by atoms with Gasteiger partial charge >= 0.3 is 0 Å². The number of nitrogens with zero attached hydrogens (tertiary/aromatic N) is 1. The molecular weight excluding hydrogens is 178 g/mol. The number of ether oxygens (including phenoxy) is 1. The molecule has 2 N–H and O–H groups in total. The molecule has 1 fully saturated rings. The van der Waals surface area contributed by atoms with Crippen LogP contribution in [0.4, 0.5) is 0 Å². The van der Waals surface area contributed by atoms with Crippen molar-refractivity contribution in [2.45, 2.75) is 25.8 Å². The van der Waals surface area contributed by atoms with E-state index < -0.39 is 0 Å². The molecule has 0 aromatic heterocycles. The maximum atomic E-state index is 5.37. The number of hydrogen-bond acceptors (Lipinski definition) is 4. The van der Waals surface area contributed by atoms with Crippen molar-refractivity contribution in [3.63, 3.8) is 0 Å². The van der Waals surface area contributed by atoms with Crippen molar-refractivity contribution in [1.29, 1.82) is 0 Å². The van der Waals surface area contributed by atoms with Crippen LogP contribution in [0.3, 0.4) is 0 Å². The van der Waals surface area contributed by atoms with Crippen LogP contribution in [0.15, 0.2) is 4.99 Å². The van der Waals surface area contributed by atoms with Crippen LogP contribution in [0.2, 0.25) is 0 Å². The first kappa shape index (κ1) is 9.77. The summed E-state index contributed by atoms with van der Waals surface area (Å²) < 4.78 is 5.37. The molecule has 1 saturated heterocycles. The molecule has 2 unspecified atom stereocenters. The number of nitrogens with one attached hydrogen (secondary N) is 2. The number of guanidine groups is 1. The van der Waals surface area contributed by atoms with Gasteiger partial charge in [-0.25, -0.2) is 0 Å². The second kappa shape index (κ2) is 4.64. The fourth-order valence-corrected chi connectivity index (χ4v) is 1.91. The average Bonchev–Trinajstić information content (AvgIpc) is 2.72. The topological polar surface area (TPSA) is 45.7 Å². The van der Waals surface area contributed by atoms with E-state index >= 15 is 0 Å². The highest BCUT2D eigenvalue weighted by Crippen LogP contribution is 2.16. The third-order valence-corrected chi connectivity index (χ3v) is 2.93. The zero-order chi connectivity index (χ0) is 9.80. The van der Waals surface area contributed by atoms with Crippen LogP contribution < -0.4 is 10.6 Å². The Morgan fingerprint density at radius 1 is 1.64 bits per heavy atom. The zero-order valence-electron chi connectivity index (χ0n) is 8.75. The molecule has 4 heteroatoms. The van der Waals surface area contributed by atoms with E-state index in [0.717, 1.165) is 38.7 Å². The molecule has 80 valence electrons. The van der Waals surface area contributed by atoms with E-state index in [4.69, 9.17) is 4.74 Å². The highest BCUT2D eigenvalue weighted by atomic mass is 16.5. The Bertz CT molecular complexity index is 211. The Morgan fingerprint density at radius 3 is 3.21 bits per heavy atom. The summed E-state index contributed by atoms with van der Waals surface area (Å²) in [6.45, 7) is 6.00. The summed E-state index contributed by atoms with van der Waals surface area (Å²) >= 11 is 0. The van der Waals surface area contributed by atoms with Crippen LogP contribution in [0, 0.1) is 5.92 Å². The van der Waals surface area contributed by atoms with Crippen molar-refractivity contribution in [3.8, 4) is 0 Å². The predicted octanol–water partition coefficient (Wildman–Crippen LogP) is 0.350. The van der Waals surface area contributed by atoms with Crippen LogP contribution >= 0.6 is 0 Å². The van der Waals surface area contributed by atoms with Gasteiger partial charge < -0.3 is 15.4 Å². The number of hydrogen-bond donors (Lipinski definition) is 2. The monoisotopic (exact) mass is 197 g/mol. The average molecular weight is 197 g/mol. The minimum absolute atomic E-state index is 0.460. The van der Waals surface area contributed by atoms with Gasteiger partial charge in [0, 0.05) is 31.7 Å². The molecule has 0 aliphatic carbocycles. The molecule has 0 aromatic rings. The molecule has 0 radical (unpaired) electrons. The molecule has 2 rings (SSSR count). The molecule has 2 heterocycles. The molecular formula is C10H19N3O. The van der Waals surface area contributed by atoms with Crippen molar-refractivity contribution >= 4 is 5.96 Å². The van der Waals surface area contributed by atoms with E-state index in [0.29, 0.717) is 12.0 Å². The molecule has 0 saturated carbocycles. The van der Waals surface area contributed by atoms with Crippen molar-refractivity contribution in [1.82, 2.24) is 10.6 Å². The van der Waals surface area contributed by atoms with E-state index in [2.05, 4.69) is 22.5 Å². The fourth-order valence-electron chi connectivity index (χ4n) is 1.91. The smallest absolute Gasteiger partial charge is 0.191 e. The molecule has 0 bridgehead atoms. The van der Waals surface area contributed by atoms with Crippen LogP contribution in [0.5, 0.6) is 0 Å². The summed E-state index contributed by atoms with van der Waals surface area (Å²) in [7, 11) is 0. The third-order valence-electron chi connectivity index (χ3n) is 2.93. The lowest BCUT2D eigenvalue weighted by Gasteiger charge is -2.23. The normalized spacial score (nSPS) is 29.2. The fraction of sp³-hybridized carbons (Fsp3) is 0.900. The first-order chi connectivity index (χ1) is 6.86. The third kappa shape index (κ3) is 2.38. The van der Waals surface area contributed by atoms with Gasteiger partial charge in [0.25, 0.3) is 0 Å². The Morgan fingerprint density at radius 2 is 2.57 bits per heavy atom. The predicted molar refractivity (Wildman–Crippen MR) is 56.4 cm³/mol. The first-order valence-corrected chi connectivity index (χ1v) is 5.49. The van der Waals surface area contributed by atoms with E-state index in [1.54, 1.807) is 0 Å². The molecule has 2 atom stereocenters. The Hall–Kier alpha value is -0.770. The van der Waals surface area contributed by atoms with Crippen LogP contribution in [0.1, 0.15) is 19.8 Å². The molecule has 0 amide bonds. The van der Waals surface area contributed by atoms with Crippen molar-refractivity contribution in [3.05, 3.63) is 0 Å². The zero-order valence-corrected chi connectivity index (χ0v) is 8.75. The number of aliphatic imine (C=N–C) groups is 1. The summed E-state index contributed by atoms with van der Waals surface area (Å²) in [6.07, 6.45) is 2.31. The van der Waals surface area contributed by atoms with Crippen LogP contribution in [0.25, 0.3) is 0 Å². The molecule has 0 spiro atoms. The van der Waals surface area contributed by atoms with E-state index in [1.165, 1.54) is 6.42 Å². The Kier molecular flexibility index (Phi) is 3.24.